The van der Waals surface area contributed by atoms with Gasteiger partial charge in [-0.3, -0.25) is 9.10 Å². The van der Waals surface area contributed by atoms with Gasteiger partial charge in [0.1, 0.15) is 5.75 Å². The van der Waals surface area contributed by atoms with Gasteiger partial charge in [-0.05, 0) is 30.5 Å². The van der Waals surface area contributed by atoms with Crippen LogP contribution in [0.5, 0.6) is 5.75 Å². The van der Waals surface area contributed by atoms with Gasteiger partial charge < -0.3 is 10.1 Å². The summed E-state index contributed by atoms with van der Waals surface area (Å²) < 4.78 is 30.6. The topological polar surface area (TPSA) is 75.7 Å². The average molecular weight is 326 g/mol. The Hall–Kier alpha value is -1.76. The molecule has 0 bridgehead atoms. The fourth-order valence-electron chi connectivity index (χ4n) is 2.45. The zero-order valence-electron chi connectivity index (χ0n) is 13.1. The van der Waals surface area contributed by atoms with Gasteiger partial charge in [0.15, 0.2) is 0 Å². The smallest absolute Gasteiger partial charge is 0.235 e. The van der Waals surface area contributed by atoms with E-state index in [0.29, 0.717) is 36.5 Å². The lowest BCUT2D eigenvalue weighted by molar-refractivity contribution is -0.116. The van der Waals surface area contributed by atoms with E-state index in [1.54, 1.807) is 18.2 Å². The Labute approximate surface area is 131 Å². The summed E-state index contributed by atoms with van der Waals surface area (Å²) in [5, 5.41) is 2.80. The lowest BCUT2D eigenvalue weighted by atomic mass is 10.1. The van der Waals surface area contributed by atoms with Crippen LogP contribution in [-0.2, 0) is 14.8 Å². The zero-order chi connectivity index (χ0) is 16.3. The van der Waals surface area contributed by atoms with E-state index in [-0.39, 0.29) is 17.6 Å². The van der Waals surface area contributed by atoms with E-state index in [1.807, 2.05) is 13.8 Å². The molecule has 0 aliphatic carbocycles. The van der Waals surface area contributed by atoms with Gasteiger partial charge in [0.25, 0.3) is 0 Å². The van der Waals surface area contributed by atoms with E-state index in [4.69, 9.17) is 4.74 Å². The highest BCUT2D eigenvalue weighted by Crippen LogP contribution is 2.32. The van der Waals surface area contributed by atoms with Gasteiger partial charge in [-0.25, -0.2) is 8.42 Å². The Morgan fingerprint density at radius 2 is 2.14 bits per heavy atom. The first-order valence-electron chi connectivity index (χ1n) is 7.32. The van der Waals surface area contributed by atoms with Crippen LogP contribution >= 0.6 is 0 Å². The van der Waals surface area contributed by atoms with E-state index >= 15 is 0 Å². The molecule has 1 amide bonds. The van der Waals surface area contributed by atoms with E-state index in [1.165, 1.54) is 11.4 Å². The van der Waals surface area contributed by atoms with E-state index < -0.39 is 10.0 Å². The van der Waals surface area contributed by atoms with Gasteiger partial charge in [0.05, 0.1) is 24.2 Å². The summed E-state index contributed by atoms with van der Waals surface area (Å²) in [4.78, 5) is 12.0. The normalized spacial score (nSPS) is 16.8. The molecule has 6 nitrogen and oxygen atoms in total. The number of anilines is 2. The number of rotatable bonds is 5. The van der Waals surface area contributed by atoms with Gasteiger partial charge in [-0.15, -0.1) is 0 Å². The fraction of sp³-hybridized carbons (Fsp3) is 0.533. The van der Waals surface area contributed by atoms with E-state index in [9.17, 15) is 13.2 Å². The minimum absolute atomic E-state index is 0.116. The highest BCUT2D eigenvalue weighted by molar-refractivity contribution is 7.93. The molecule has 0 saturated carbocycles. The van der Waals surface area contributed by atoms with Gasteiger partial charge in [-0.1, -0.05) is 13.8 Å². The summed E-state index contributed by atoms with van der Waals surface area (Å²) in [5.41, 5.74) is 1.05. The fourth-order valence-corrected chi connectivity index (χ4v) is 4.01. The van der Waals surface area contributed by atoms with Crippen LogP contribution in [0.15, 0.2) is 18.2 Å². The van der Waals surface area contributed by atoms with Crippen molar-refractivity contribution in [1.82, 2.24) is 0 Å². The summed E-state index contributed by atoms with van der Waals surface area (Å²) in [6, 6.07) is 5.02. The molecule has 22 heavy (non-hydrogen) atoms. The minimum Gasteiger partial charge on any atom is -0.495 e. The van der Waals surface area contributed by atoms with Crippen molar-refractivity contribution >= 4 is 27.3 Å². The molecule has 1 aromatic carbocycles. The molecule has 0 aromatic heterocycles. The number of amides is 1. The summed E-state index contributed by atoms with van der Waals surface area (Å²) in [7, 11) is -1.73. The van der Waals surface area contributed by atoms with Crippen molar-refractivity contribution < 1.29 is 17.9 Å². The van der Waals surface area contributed by atoms with Crippen LogP contribution in [0.4, 0.5) is 11.4 Å². The monoisotopic (exact) mass is 326 g/mol. The maximum Gasteiger partial charge on any atom is 0.235 e. The van der Waals surface area contributed by atoms with Crippen molar-refractivity contribution in [2.75, 3.05) is 29.0 Å². The molecule has 7 heteroatoms. The molecule has 1 fully saturated rings. The average Bonchev–Trinajstić information content (AvgIpc) is 2.77. The number of carbonyl (C=O) groups is 1. The molecule has 0 radical (unpaired) electrons. The number of methoxy groups -OCH3 is 1. The van der Waals surface area contributed by atoms with Crippen LogP contribution in [0.1, 0.15) is 26.7 Å². The summed E-state index contributed by atoms with van der Waals surface area (Å²) >= 11 is 0. The van der Waals surface area contributed by atoms with Crippen LogP contribution < -0.4 is 14.4 Å². The number of carbonyl (C=O) groups excluding carboxylic acids is 1. The Bertz CT molecular complexity index is 656. The van der Waals surface area contributed by atoms with Crippen LogP contribution in [0.2, 0.25) is 0 Å². The predicted octanol–water partition coefficient (Wildman–Crippen LogP) is 2.22. The highest BCUT2D eigenvalue weighted by atomic mass is 32.2. The zero-order valence-corrected chi connectivity index (χ0v) is 13.9. The Morgan fingerprint density at radius 3 is 2.68 bits per heavy atom. The first kappa shape index (κ1) is 16.6. The molecule has 1 aromatic rings. The van der Waals surface area contributed by atoms with Crippen molar-refractivity contribution in [3.05, 3.63) is 18.2 Å². The molecule has 2 rings (SSSR count). The number of sulfonamides is 1. The van der Waals surface area contributed by atoms with Crippen molar-refractivity contribution in [1.29, 1.82) is 0 Å². The number of hydrogen-bond donors (Lipinski definition) is 1. The third-order valence-corrected chi connectivity index (χ3v) is 5.31. The second-order valence-corrected chi connectivity index (χ2v) is 7.79. The summed E-state index contributed by atoms with van der Waals surface area (Å²) in [6.07, 6.45) is 1.01. The third kappa shape index (κ3) is 3.71. The Kier molecular flexibility index (Phi) is 4.95. The molecular formula is C15H22N2O4S. The molecule has 0 atom stereocenters. The highest BCUT2D eigenvalue weighted by Gasteiger charge is 2.29. The van der Waals surface area contributed by atoms with E-state index in [2.05, 4.69) is 5.32 Å². The maximum absolute atomic E-state index is 12.0. The lowest BCUT2D eigenvalue weighted by Gasteiger charge is -2.19. The van der Waals surface area contributed by atoms with E-state index in [0.717, 1.165) is 0 Å². The molecule has 1 aliphatic heterocycles. The molecule has 0 unspecified atom stereocenters. The first-order valence-corrected chi connectivity index (χ1v) is 8.92. The molecule has 1 aliphatic rings. The molecule has 1 heterocycles. The maximum atomic E-state index is 12.0. The molecule has 0 spiro atoms. The van der Waals surface area contributed by atoms with Gasteiger partial charge in [0, 0.05) is 13.0 Å². The first-order chi connectivity index (χ1) is 10.3. The summed E-state index contributed by atoms with van der Waals surface area (Å²) in [6.45, 7) is 4.39. The number of nitrogens with one attached hydrogen (secondary N) is 1. The van der Waals surface area contributed by atoms with Crippen LogP contribution in [0.25, 0.3) is 0 Å². The van der Waals surface area contributed by atoms with Crippen LogP contribution in [0.3, 0.4) is 0 Å². The SMILES string of the molecule is COc1ccc(N2CCCS2(=O)=O)cc1NC(=O)CC(C)C. The standard InChI is InChI=1S/C15H22N2O4S/c1-11(2)9-15(18)16-13-10-12(5-6-14(13)21-3)17-7-4-8-22(17,19)20/h5-6,10-11H,4,7-9H2,1-3H3,(H,16,18). The number of hydrogen-bond acceptors (Lipinski definition) is 4. The second-order valence-electron chi connectivity index (χ2n) is 5.77. The molecule has 1 saturated heterocycles. The summed E-state index contributed by atoms with van der Waals surface area (Å²) in [5.74, 6) is 0.800. The van der Waals surface area contributed by atoms with Crippen molar-refractivity contribution in [2.45, 2.75) is 26.7 Å². The Balaban J connectivity index is 2.28. The van der Waals surface area contributed by atoms with Crippen molar-refractivity contribution in [3.8, 4) is 5.75 Å². The van der Waals surface area contributed by atoms with Gasteiger partial charge in [-0.2, -0.15) is 0 Å². The molecule has 122 valence electrons. The van der Waals surface area contributed by atoms with Crippen LogP contribution in [0, 0.1) is 5.92 Å². The van der Waals surface area contributed by atoms with Gasteiger partial charge >= 0.3 is 0 Å². The second kappa shape index (κ2) is 6.56. The Morgan fingerprint density at radius 1 is 1.41 bits per heavy atom. The molecular weight excluding hydrogens is 304 g/mol. The predicted molar refractivity (Wildman–Crippen MR) is 86.8 cm³/mol. The van der Waals surface area contributed by atoms with Gasteiger partial charge in [0.2, 0.25) is 15.9 Å². The number of nitrogens with zero attached hydrogens (tertiary/aromatic N) is 1. The number of benzene rings is 1. The molecule has 1 N–H and O–H groups in total. The van der Waals surface area contributed by atoms with Crippen molar-refractivity contribution in [2.24, 2.45) is 5.92 Å². The number of ether oxygens (including phenoxy) is 1. The van der Waals surface area contributed by atoms with Crippen LogP contribution in [-0.4, -0.2) is 33.7 Å². The largest absolute Gasteiger partial charge is 0.495 e. The third-order valence-electron chi connectivity index (χ3n) is 3.44. The quantitative estimate of drug-likeness (QED) is 0.900. The lowest BCUT2D eigenvalue weighted by Crippen LogP contribution is -2.25. The minimum atomic E-state index is -3.24. The van der Waals surface area contributed by atoms with Crippen molar-refractivity contribution in [3.63, 3.8) is 0 Å².